The number of nitro benzene ring substituents is 1. The minimum Gasteiger partial charge on any atom is -0.463 e. The number of esters is 2. The van der Waals surface area contributed by atoms with Crippen LogP contribution in [0.4, 0.5) is 5.69 Å². The normalized spacial score (nSPS) is 9.91. The molecule has 0 fully saturated rings. The van der Waals surface area contributed by atoms with E-state index in [-0.39, 0.29) is 42.0 Å². The summed E-state index contributed by atoms with van der Waals surface area (Å²) in [7, 11) is 0. The van der Waals surface area contributed by atoms with Crippen LogP contribution in [0, 0.1) is 10.1 Å². The molecule has 0 unspecified atom stereocenters. The fraction of sp³-hybridized carbons (Fsp3) is 0.333. The van der Waals surface area contributed by atoms with Crippen LogP contribution in [0.1, 0.15) is 29.8 Å². The first-order valence-electron chi connectivity index (χ1n) is 6.70. The third kappa shape index (κ3) is 4.41. The van der Waals surface area contributed by atoms with E-state index in [1.165, 1.54) is 12.1 Å². The van der Waals surface area contributed by atoms with Crippen LogP contribution in [0.25, 0.3) is 0 Å². The molecule has 1 aromatic rings. The smallest absolute Gasteiger partial charge is 0.338 e. The van der Waals surface area contributed by atoms with Crippen LogP contribution < -0.4 is 0 Å². The van der Waals surface area contributed by atoms with E-state index in [0.717, 1.165) is 6.07 Å². The summed E-state index contributed by atoms with van der Waals surface area (Å²) in [5, 5.41) is 11.1. The van der Waals surface area contributed by atoms with E-state index in [1.807, 2.05) is 0 Å². The minimum atomic E-state index is -0.638. The van der Waals surface area contributed by atoms with Crippen molar-refractivity contribution >= 4 is 17.6 Å². The highest BCUT2D eigenvalue weighted by molar-refractivity contribution is 5.91. The van der Waals surface area contributed by atoms with E-state index < -0.39 is 16.9 Å². The number of rotatable bonds is 7. The topological polar surface area (TPSA) is 95.7 Å². The fourth-order valence-electron chi connectivity index (χ4n) is 1.76. The number of carbonyl (C=O) groups is 2. The monoisotopic (exact) mass is 307 g/mol. The Morgan fingerprint density at radius 3 is 2.41 bits per heavy atom. The van der Waals surface area contributed by atoms with Crippen molar-refractivity contribution in [2.75, 3.05) is 13.2 Å². The van der Waals surface area contributed by atoms with Crippen molar-refractivity contribution in [1.82, 2.24) is 0 Å². The van der Waals surface area contributed by atoms with Gasteiger partial charge < -0.3 is 9.47 Å². The lowest BCUT2D eigenvalue weighted by Crippen LogP contribution is -2.10. The molecule has 1 rings (SSSR count). The van der Waals surface area contributed by atoms with Crippen LogP contribution in [-0.2, 0) is 20.7 Å². The van der Waals surface area contributed by atoms with Crippen LogP contribution in [0.5, 0.6) is 0 Å². The van der Waals surface area contributed by atoms with Crippen molar-refractivity contribution in [3.05, 3.63) is 51.6 Å². The highest BCUT2D eigenvalue weighted by Gasteiger charge is 2.20. The van der Waals surface area contributed by atoms with Crippen LogP contribution in [-0.4, -0.2) is 30.1 Å². The van der Waals surface area contributed by atoms with Crippen LogP contribution in [0.15, 0.2) is 30.4 Å². The Kier molecular flexibility index (Phi) is 6.25. The standard InChI is InChI=1S/C15H17NO6/c1-4-21-14(17)10(3)8-11-6-7-12(15(18)22-5-2)9-13(11)16(19)20/h6-7,9H,3-5,8H2,1-2H3. The van der Waals surface area contributed by atoms with E-state index in [0.29, 0.717) is 0 Å². The van der Waals surface area contributed by atoms with E-state index in [4.69, 9.17) is 9.47 Å². The first-order valence-corrected chi connectivity index (χ1v) is 6.70. The number of carbonyl (C=O) groups excluding carboxylic acids is 2. The molecule has 0 bridgehead atoms. The second kappa shape index (κ2) is 7.92. The van der Waals surface area contributed by atoms with E-state index >= 15 is 0 Å². The molecular weight excluding hydrogens is 290 g/mol. The zero-order chi connectivity index (χ0) is 16.7. The Bertz CT molecular complexity index is 608. The van der Waals surface area contributed by atoms with Gasteiger partial charge in [0.2, 0.25) is 0 Å². The molecule has 0 amide bonds. The van der Waals surface area contributed by atoms with Gasteiger partial charge in [-0.3, -0.25) is 10.1 Å². The van der Waals surface area contributed by atoms with Crippen molar-refractivity contribution in [2.45, 2.75) is 20.3 Å². The number of hydrogen-bond donors (Lipinski definition) is 0. The molecule has 0 N–H and O–H groups in total. The maximum absolute atomic E-state index is 11.6. The predicted octanol–water partition coefficient (Wildman–Crippen LogP) is 2.43. The van der Waals surface area contributed by atoms with Crippen molar-refractivity contribution in [3.63, 3.8) is 0 Å². The Hall–Kier alpha value is -2.70. The molecule has 118 valence electrons. The molecule has 0 saturated carbocycles. The van der Waals surface area contributed by atoms with Crippen LogP contribution in [0.3, 0.4) is 0 Å². The zero-order valence-corrected chi connectivity index (χ0v) is 12.5. The summed E-state index contributed by atoms with van der Waals surface area (Å²) in [5.74, 6) is -1.24. The largest absolute Gasteiger partial charge is 0.463 e. The Morgan fingerprint density at radius 2 is 1.86 bits per heavy atom. The Balaban J connectivity index is 3.05. The number of nitro groups is 1. The molecule has 1 aromatic carbocycles. The van der Waals surface area contributed by atoms with Gasteiger partial charge in [-0.1, -0.05) is 12.6 Å². The highest BCUT2D eigenvalue weighted by atomic mass is 16.6. The summed E-state index contributed by atoms with van der Waals surface area (Å²) in [6.07, 6.45) is -0.0295. The summed E-state index contributed by atoms with van der Waals surface area (Å²) in [6, 6.07) is 3.96. The van der Waals surface area contributed by atoms with Gasteiger partial charge in [-0.25, -0.2) is 9.59 Å². The van der Waals surface area contributed by atoms with Crippen molar-refractivity contribution in [2.24, 2.45) is 0 Å². The van der Waals surface area contributed by atoms with Crippen molar-refractivity contribution in [1.29, 1.82) is 0 Å². The van der Waals surface area contributed by atoms with E-state index in [2.05, 4.69) is 6.58 Å². The Morgan fingerprint density at radius 1 is 1.23 bits per heavy atom. The molecule has 22 heavy (non-hydrogen) atoms. The highest BCUT2D eigenvalue weighted by Crippen LogP contribution is 2.23. The zero-order valence-electron chi connectivity index (χ0n) is 12.5. The number of hydrogen-bond acceptors (Lipinski definition) is 6. The van der Waals surface area contributed by atoms with Gasteiger partial charge in [-0.2, -0.15) is 0 Å². The first-order chi connectivity index (χ1) is 10.4. The second-order valence-corrected chi connectivity index (χ2v) is 4.32. The third-order valence-electron chi connectivity index (χ3n) is 2.76. The van der Waals surface area contributed by atoms with Gasteiger partial charge in [0.1, 0.15) is 0 Å². The van der Waals surface area contributed by atoms with Crippen LogP contribution >= 0.6 is 0 Å². The van der Waals surface area contributed by atoms with Crippen molar-refractivity contribution in [3.8, 4) is 0 Å². The molecule has 0 aliphatic heterocycles. The number of nitrogens with zero attached hydrogens (tertiary/aromatic N) is 1. The first kappa shape index (κ1) is 17.4. The van der Waals surface area contributed by atoms with Gasteiger partial charge in [-0.05, 0) is 19.9 Å². The molecule has 0 heterocycles. The van der Waals surface area contributed by atoms with Gasteiger partial charge >= 0.3 is 11.9 Å². The molecule has 0 atom stereocenters. The van der Waals surface area contributed by atoms with Gasteiger partial charge in [0.15, 0.2) is 0 Å². The minimum absolute atomic E-state index is 0.0295. The van der Waals surface area contributed by atoms with E-state index in [1.54, 1.807) is 13.8 Å². The lowest BCUT2D eigenvalue weighted by molar-refractivity contribution is -0.385. The van der Waals surface area contributed by atoms with Gasteiger partial charge in [0, 0.05) is 23.6 Å². The summed E-state index contributed by atoms with van der Waals surface area (Å²) in [4.78, 5) is 33.7. The summed E-state index contributed by atoms with van der Waals surface area (Å²) >= 11 is 0. The Labute approximate surface area is 127 Å². The quantitative estimate of drug-likeness (QED) is 0.332. The second-order valence-electron chi connectivity index (χ2n) is 4.32. The van der Waals surface area contributed by atoms with E-state index in [9.17, 15) is 19.7 Å². The van der Waals surface area contributed by atoms with Crippen molar-refractivity contribution < 1.29 is 24.0 Å². The number of ether oxygens (including phenoxy) is 2. The molecule has 7 nitrogen and oxygen atoms in total. The van der Waals surface area contributed by atoms with Gasteiger partial charge in [0.25, 0.3) is 5.69 Å². The average Bonchev–Trinajstić information content (AvgIpc) is 2.47. The maximum Gasteiger partial charge on any atom is 0.338 e. The molecule has 0 aromatic heterocycles. The predicted molar refractivity (Wildman–Crippen MR) is 78.5 cm³/mol. The van der Waals surface area contributed by atoms with Gasteiger partial charge in [-0.15, -0.1) is 0 Å². The summed E-state index contributed by atoms with van der Waals surface area (Å²) in [5.41, 5.74) is 0.194. The molecule has 0 spiro atoms. The maximum atomic E-state index is 11.6. The average molecular weight is 307 g/mol. The summed E-state index contributed by atoms with van der Waals surface area (Å²) in [6.45, 7) is 7.24. The lowest BCUT2D eigenvalue weighted by atomic mass is 10.0. The summed E-state index contributed by atoms with van der Waals surface area (Å²) < 4.78 is 9.59. The van der Waals surface area contributed by atoms with Crippen LogP contribution in [0.2, 0.25) is 0 Å². The fourth-order valence-corrected chi connectivity index (χ4v) is 1.76. The number of benzene rings is 1. The molecular formula is C15H17NO6. The lowest BCUT2D eigenvalue weighted by Gasteiger charge is -2.07. The molecule has 0 radical (unpaired) electrons. The van der Waals surface area contributed by atoms with Gasteiger partial charge in [0.05, 0.1) is 23.7 Å². The molecule has 7 heteroatoms. The molecule has 0 aliphatic carbocycles. The molecule has 0 aliphatic rings. The third-order valence-corrected chi connectivity index (χ3v) is 2.76. The SMILES string of the molecule is C=C(Cc1ccc(C(=O)OCC)cc1[N+](=O)[O-])C(=O)OCC. The molecule has 0 saturated heterocycles.